The fraction of sp³-hybridized carbons (Fsp3) is 0.185. The minimum Gasteiger partial charge on any atom is -0.493 e. The molecule has 1 heterocycles. The van der Waals surface area contributed by atoms with Gasteiger partial charge in [0.25, 0.3) is 5.56 Å². The van der Waals surface area contributed by atoms with Gasteiger partial charge in [0, 0.05) is 15.6 Å². The van der Waals surface area contributed by atoms with Crippen LogP contribution in [-0.2, 0) is 15.7 Å². The Hall–Kier alpha value is -3.71. The molecule has 0 fully saturated rings. The van der Waals surface area contributed by atoms with Gasteiger partial charge in [-0.2, -0.15) is 22.9 Å². The molecule has 0 N–H and O–H groups in total. The van der Waals surface area contributed by atoms with Gasteiger partial charge in [0.1, 0.15) is 0 Å². The van der Waals surface area contributed by atoms with Gasteiger partial charge in [0.15, 0.2) is 23.4 Å². The van der Waals surface area contributed by atoms with Gasteiger partial charge in [-0.05, 0) is 69.1 Å². The van der Waals surface area contributed by atoms with E-state index in [4.69, 9.17) is 14.2 Å². The summed E-state index contributed by atoms with van der Waals surface area (Å²) in [6.45, 7) is 1.51. The highest BCUT2D eigenvalue weighted by Gasteiger charge is 2.31. The van der Waals surface area contributed by atoms with Gasteiger partial charge in [-0.3, -0.25) is 4.79 Å². The number of carbonyl (C=O) groups is 1. The summed E-state index contributed by atoms with van der Waals surface area (Å²) in [7, 11) is 2.64. The maximum atomic E-state index is 13.4. The van der Waals surface area contributed by atoms with E-state index in [2.05, 4.69) is 41.9 Å². The zero-order valence-corrected chi connectivity index (χ0v) is 24.3. The van der Waals surface area contributed by atoms with Crippen LogP contribution in [0.25, 0.3) is 22.3 Å². The predicted octanol–water partition coefficient (Wildman–Crippen LogP) is 6.44. The van der Waals surface area contributed by atoms with Gasteiger partial charge in [0.05, 0.1) is 41.4 Å². The molecule has 0 bridgehead atoms. The molecule has 1 aromatic heterocycles. The fourth-order valence-electron chi connectivity index (χ4n) is 3.72. The number of benzene rings is 3. The lowest BCUT2D eigenvalue weighted by atomic mass is 10.1. The Labute approximate surface area is 242 Å². The van der Waals surface area contributed by atoms with Crippen molar-refractivity contribution in [3.8, 4) is 22.9 Å². The largest absolute Gasteiger partial charge is 0.493 e. The van der Waals surface area contributed by atoms with Crippen LogP contribution >= 0.6 is 31.9 Å². The lowest BCUT2D eigenvalue weighted by molar-refractivity contribution is -0.148. The number of hydrogen-bond donors (Lipinski definition) is 0. The first kappa shape index (κ1) is 29.3. The molecule has 0 radical (unpaired) electrons. The normalized spacial score (nSPS) is 12.5. The van der Waals surface area contributed by atoms with E-state index in [1.807, 2.05) is 0 Å². The minimum absolute atomic E-state index is 0.0493. The number of hydrogen-bond acceptors (Lipinski definition) is 7. The van der Waals surface area contributed by atoms with Crippen molar-refractivity contribution in [2.24, 2.45) is 5.10 Å². The third kappa shape index (κ3) is 5.89. The second kappa shape index (κ2) is 11.8. The molecule has 0 aliphatic heterocycles. The Morgan fingerprint density at radius 2 is 1.80 bits per heavy atom. The zero-order chi connectivity index (χ0) is 29.2. The first-order chi connectivity index (χ1) is 19.0. The van der Waals surface area contributed by atoms with E-state index in [1.165, 1.54) is 39.5 Å². The van der Waals surface area contributed by atoms with E-state index < -0.39 is 29.4 Å². The van der Waals surface area contributed by atoms with Crippen LogP contribution in [0.15, 0.2) is 73.4 Å². The number of fused-ring (bicyclic) bond motifs is 1. The number of rotatable bonds is 7. The van der Waals surface area contributed by atoms with Crippen LogP contribution < -0.4 is 15.0 Å². The molecule has 0 unspecified atom stereocenters. The molecule has 0 amide bonds. The summed E-state index contributed by atoms with van der Waals surface area (Å²) < 4.78 is 57.9. The summed E-state index contributed by atoms with van der Waals surface area (Å²) in [6.07, 6.45) is -4.22. The van der Waals surface area contributed by atoms with Crippen LogP contribution in [0.1, 0.15) is 18.1 Å². The number of carbonyl (C=O) groups excluding carboxylic acids is 1. The summed E-state index contributed by atoms with van der Waals surface area (Å²) in [4.78, 5) is 29.8. The molecule has 8 nitrogen and oxygen atoms in total. The van der Waals surface area contributed by atoms with Crippen molar-refractivity contribution >= 4 is 54.9 Å². The summed E-state index contributed by atoms with van der Waals surface area (Å²) in [5.74, 6) is -0.242. The molecule has 4 rings (SSSR count). The minimum atomic E-state index is -4.59. The highest BCUT2D eigenvalue weighted by atomic mass is 79.9. The van der Waals surface area contributed by atoms with Crippen LogP contribution in [0.2, 0.25) is 0 Å². The molecule has 0 spiro atoms. The van der Waals surface area contributed by atoms with Gasteiger partial charge in [-0.15, -0.1) is 0 Å². The maximum absolute atomic E-state index is 13.4. The average Bonchev–Trinajstić information content (AvgIpc) is 2.94. The Kier molecular flexibility index (Phi) is 8.64. The molecule has 40 heavy (non-hydrogen) atoms. The molecule has 0 saturated carbocycles. The average molecular weight is 683 g/mol. The third-order valence-corrected chi connectivity index (χ3v) is 7.86. The Morgan fingerprint density at radius 1 is 1.07 bits per heavy atom. The molecule has 4 aromatic rings. The third-order valence-electron chi connectivity index (χ3n) is 5.72. The fourth-order valence-corrected chi connectivity index (χ4v) is 4.64. The van der Waals surface area contributed by atoms with E-state index in [9.17, 15) is 22.8 Å². The van der Waals surface area contributed by atoms with Crippen LogP contribution in [0.5, 0.6) is 11.5 Å². The van der Waals surface area contributed by atoms with Crippen molar-refractivity contribution in [3.05, 3.63) is 85.0 Å². The number of methoxy groups -OCH3 is 2. The number of aromatic nitrogens is 2. The van der Waals surface area contributed by atoms with E-state index in [1.54, 1.807) is 30.3 Å². The Bertz CT molecular complexity index is 1690. The van der Waals surface area contributed by atoms with Crippen LogP contribution in [0.3, 0.4) is 0 Å². The number of ether oxygens (including phenoxy) is 3. The van der Waals surface area contributed by atoms with Gasteiger partial charge >= 0.3 is 12.1 Å². The first-order valence-corrected chi connectivity index (χ1v) is 13.1. The number of nitrogens with zero attached hydrogens (tertiary/aromatic N) is 3. The highest BCUT2D eigenvalue weighted by Crippen LogP contribution is 2.43. The number of para-hydroxylation sites is 1. The lowest BCUT2D eigenvalue weighted by Crippen LogP contribution is -2.25. The standard InChI is InChI=1S/C27H20Br2F3N3O5/c1-14(26(37)39-3)40-23-20(38-2)12-16(21(28)22(23)29)13-33-35-24(15-7-6-8-17(11-15)27(30,31)32)34-19-10-5-4-9-18(19)25(35)36/h4-14H,1-3H3/t14-/m1/s1. The number of alkyl halides is 3. The smallest absolute Gasteiger partial charge is 0.416 e. The molecule has 0 aliphatic carbocycles. The van der Waals surface area contributed by atoms with Crippen LogP contribution in [0, 0.1) is 0 Å². The van der Waals surface area contributed by atoms with Crippen molar-refractivity contribution in [1.82, 2.24) is 9.66 Å². The van der Waals surface area contributed by atoms with Crippen molar-refractivity contribution in [1.29, 1.82) is 0 Å². The molecule has 13 heteroatoms. The highest BCUT2D eigenvalue weighted by molar-refractivity contribution is 9.13. The second-order valence-corrected chi connectivity index (χ2v) is 9.89. The van der Waals surface area contributed by atoms with E-state index in [-0.39, 0.29) is 28.3 Å². The summed E-state index contributed by atoms with van der Waals surface area (Å²) >= 11 is 6.87. The van der Waals surface area contributed by atoms with Crippen molar-refractivity contribution in [2.75, 3.05) is 14.2 Å². The SMILES string of the molecule is COC(=O)[C@@H](C)Oc1c(OC)cc(C=Nn2c(-c3cccc(C(F)(F)F)c3)nc3ccccc3c2=O)c(Br)c1Br. The first-order valence-electron chi connectivity index (χ1n) is 11.5. The zero-order valence-electron chi connectivity index (χ0n) is 21.1. The number of halogens is 5. The molecule has 1 atom stereocenters. The van der Waals surface area contributed by atoms with Gasteiger partial charge < -0.3 is 14.2 Å². The monoisotopic (exact) mass is 681 g/mol. The predicted molar refractivity (Wildman–Crippen MR) is 150 cm³/mol. The maximum Gasteiger partial charge on any atom is 0.416 e. The van der Waals surface area contributed by atoms with Crippen molar-refractivity contribution in [2.45, 2.75) is 19.2 Å². The van der Waals surface area contributed by atoms with E-state index in [0.717, 1.165) is 16.8 Å². The molecule has 3 aromatic carbocycles. The number of esters is 1. The molecule has 208 valence electrons. The van der Waals surface area contributed by atoms with Crippen LogP contribution in [-0.4, -0.2) is 42.2 Å². The summed E-state index contributed by atoms with van der Waals surface area (Å²) in [5, 5.41) is 4.55. The van der Waals surface area contributed by atoms with E-state index in [0.29, 0.717) is 20.0 Å². The van der Waals surface area contributed by atoms with Gasteiger partial charge in [0.2, 0.25) is 0 Å². The second-order valence-electron chi connectivity index (χ2n) is 8.30. The topological polar surface area (TPSA) is 92.0 Å². The summed E-state index contributed by atoms with van der Waals surface area (Å²) in [6, 6.07) is 12.5. The van der Waals surface area contributed by atoms with Gasteiger partial charge in [-0.1, -0.05) is 24.3 Å². The molecular formula is C27H20Br2F3N3O5. The van der Waals surface area contributed by atoms with Gasteiger partial charge in [-0.25, -0.2) is 9.78 Å². The van der Waals surface area contributed by atoms with E-state index >= 15 is 0 Å². The quantitative estimate of drug-likeness (QED) is 0.165. The lowest BCUT2D eigenvalue weighted by Gasteiger charge is -2.18. The van der Waals surface area contributed by atoms with Crippen LogP contribution in [0.4, 0.5) is 13.2 Å². The Morgan fingerprint density at radius 3 is 2.48 bits per heavy atom. The molecule has 0 saturated heterocycles. The Balaban J connectivity index is 1.87. The molecular weight excluding hydrogens is 663 g/mol. The van der Waals surface area contributed by atoms with Crippen molar-refractivity contribution < 1.29 is 32.2 Å². The molecule has 0 aliphatic rings. The summed E-state index contributed by atoms with van der Waals surface area (Å²) in [5.41, 5.74) is -0.706. The van der Waals surface area contributed by atoms with Crippen molar-refractivity contribution in [3.63, 3.8) is 0 Å².